The van der Waals surface area contributed by atoms with Crippen LogP contribution in [0.2, 0.25) is 0 Å². The van der Waals surface area contributed by atoms with Crippen LogP contribution in [-0.2, 0) is 11.3 Å². The average molecular weight is 463 g/mol. The van der Waals surface area contributed by atoms with Crippen LogP contribution in [0.1, 0.15) is 24.7 Å². The molecule has 1 aliphatic rings. The Bertz CT molecular complexity index is 1500. The summed E-state index contributed by atoms with van der Waals surface area (Å²) >= 11 is 3.03. The van der Waals surface area contributed by atoms with Gasteiger partial charge in [-0.25, -0.2) is 4.98 Å². The maximum absolute atomic E-state index is 13.3. The molecule has 0 spiro atoms. The monoisotopic (exact) mass is 462 g/mol. The Kier molecular flexibility index (Phi) is 4.62. The van der Waals surface area contributed by atoms with E-state index in [1.54, 1.807) is 11.3 Å². The molecule has 5 aromatic rings. The molecule has 1 amide bonds. The molecule has 1 aliphatic heterocycles. The highest BCUT2D eigenvalue weighted by atomic mass is 32.1. The summed E-state index contributed by atoms with van der Waals surface area (Å²) in [5.41, 5.74) is 1.45. The molecule has 1 atom stereocenters. The highest BCUT2D eigenvalue weighted by Gasteiger charge is 2.33. The van der Waals surface area contributed by atoms with Gasteiger partial charge in [-0.15, -0.1) is 32.9 Å². The molecular weight excluding hydrogens is 444 g/mol. The number of aromatic nitrogens is 5. The third kappa shape index (κ3) is 3.06. The number of fused-ring (bicyclic) bond motifs is 2. The van der Waals surface area contributed by atoms with Crippen molar-refractivity contribution in [1.82, 2.24) is 29.0 Å². The Hall–Kier alpha value is -3.37. The summed E-state index contributed by atoms with van der Waals surface area (Å²) in [4.78, 5) is 34.5. The maximum atomic E-state index is 13.3. The molecule has 6 heterocycles. The lowest BCUT2D eigenvalue weighted by molar-refractivity contribution is -0.133. The molecule has 10 heteroatoms. The number of carbonyl (C=O) groups is 1. The van der Waals surface area contributed by atoms with Gasteiger partial charge in [-0.1, -0.05) is 12.1 Å². The van der Waals surface area contributed by atoms with Gasteiger partial charge in [0.05, 0.1) is 17.8 Å². The first kappa shape index (κ1) is 19.3. The van der Waals surface area contributed by atoms with E-state index in [0.29, 0.717) is 16.8 Å². The number of thiophene rings is 2. The van der Waals surface area contributed by atoms with Crippen LogP contribution in [0.4, 0.5) is 0 Å². The number of likely N-dealkylation sites (tertiary alicyclic amines) is 1. The fourth-order valence-electron chi connectivity index (χ4n) is 4.35. The smallest absolute Gasteiger partial charge is 0.263 e. The number of hydrogen-bond acceptors (Lipinski definition) is 7. The third-order valence-electron chi connectivity index (χ3n) is 5.86. The molecule has 0 radical (unpaired) electrons. The maximum Gasteiger partial charge on any atom is 0.263 e. The van der Waals surface area contributed by atoms with Crippen LogP contribution >= 0.6 is 22.7 Å². The van der Waals surface area contributed by atoms with E-state index >= 15 is 0 Å². The van der Waals surface area contributed by atoms with Gasteiger partial charge < -0.3 is 4.90 Å². The lowest BCUT2D eigenvalue weighted by Crippen LogP contribution is -2.36. The molecule has 0 N–H and O–H groups in total. The van der Waals surface area contributed by atoms with Crippen molar-refractivity contribution in [2.75, 3.05) is 6.54 Å². The molecule has 6 rings (SSSR count). The number of nitrogens with zero attached hydrogens (tertiary/aromatic N) is 6. The molecule has 1 fully saturated rings. The van der Waals surface area contributed by atoms with Crippen LogP contribution in [0.3, 0.4) is 0 Å². The summed E-state index contributed by atoms with van der Waals surface area (Å²) < 4.78 is 3.35. The normalized spacial score (nSPS) is 16.4. The SMILES string of the molecule is O=C(Cn1cnc2scc(-c3cccs3)c2c1=O)N1CCCC1c1nnc2ccccn12. The van der Waals surface area contributed by atoms with E-state index in [9.17, 15) is 9.59 Å². The zero-order chi connectivity index (χ0) is 21.7. The molecule has 1 unspecified atom stereocenters. The second-order valence-corrected chi connectivity index (χ2v) is 9.52. The number of hydrogen-bond donors (Lipinski definition) is 0. The zero-order valence-electron chi connectivity index (χ0n) is 16.9. The molecule has 0 aromatic carbocycles. The first-order chi connectivity index (χ1) is 15.7. The highest BCUT2D eigenvalue weighted by molar-refractivity contribution is 7.18. The number of pyridine rings is 1. The summed E-state index contributed by atoms with van der Waals surface area (Å²) in [5, 5.41) is 13.1. The van der Waals surface area contributed by atoms with Crippen molar-refractivity contribution >= 4 is 44.4 Å². The van der Waals surface area contributed by atoms with Crippen molar-refractivity contribution in [3.63, 3.8) is 0 Å². The summed E-state index contributed by atoms with van der Waals surface area (Å²) in [6.45, 7) is 0.587. The molecule has 160 valence electrons. The van der Waals surface area contributed by atoms with Gasteiger partial charge in [-0.2, -0.15) is 0 Å². The van der Waals surface area contributed by atoms with Gasteiger partial charge in [-0.05, 0) is 36.4 Å². The molecule has 0 bridgehead atoms. The fraction of sp³-hybridized carbons (Fsp3) is 0.227. The molecule has 1 saturated heterocycles. The minimum Gasteiger partial charge on any atom is -0.331 e. The van der Waals surface area contributed by atoms with Crippen molar-refractivity contribution in [1.29, 1.82) is 0 Å². The minimum atomic E-state index is -0.184. The molecule has 5 aromatic heterocycles. The highest BCUT2D eigenvalue weighted by Crippen LogP contribution is 2.34. The van der Waals surface area contributed by atoms with E-state index in [2.05, 4.69) is 15.2 Å². The van der Waals surface area contributed by atoms with E-state index in [4.69, 9.17) is 0 Å². The van der Waals surface area contributed by atoms with Gasteiger partial charge in [0.15, 0.2) is 11.5 Å². The summed E-state index contributed by atoms with van der Waals surface area (Å²) in [5.74, 6) is 0.640. The Balaban J connectivity index is 1.33. The van der Waals surface area contributed by atoms with Crippen molar-refractivity contribution in [2.45, 2.75) is 25.4 Å². The first-order valence-corrected chi connectivity index (χ1v) is 12.1. The largest absolute Gasteiger partial charge is 0.331 e. The first-order valence-electron chi connectivity index (χ1n) is 10.3. The minimum absolute atomic E-state index is 0.0469. The van der Waals surface area contributed by atoms with E-state index in [0.717, 1.165) is 34.8 Å². The van der Waals surface area contributed by atoms with Gasteiger partial charge >= 0.3 is 0 Å². The van der Waals surface area contributed by atoms with E-state index in [1.165, 1.54) is 22.2 Å². The standard InChI is InChI=1S/C22H18N6O2S2/c29-18(27-9-3-5-15(27)20-25-24-17-7-1-2-8-28(17)20)11-26-13-23-21-19(22(26)30)14(12-32-21)16-6-4-10-31-16/h1-2,4,6-8,10,12-13,15H,3,5,9,11H2. The van der Waals surface area contributed by atoms with Crippen molar-refractivity contribution < 1.29 is 4.79 Å². The Morgan fingerprint density at radius 1 is 1.16 bits per heavy atom. The Morgan fingerprint density at radius 2 is 2.09 bits per heavy atom. The second-order valence-electron chi connectivity index (χ2n) is 7.72. The van der Waals surface area contributed by atoms with Crippen molar-refractivity contribution in [3.05, 3.63) is 69.8 Å². The predicted octanol–water partition coefficient (Wildman–Crippen LogP) is 3.59. The summed E-state index contributed by atoms with van der Waals surface area (Å²) in [6, 6.07) is 9.53. The van der Waals surface area contributed by atoms with Crippen LogP contribution in [0.5, 0.6) is 0 Å². The summed E-state index contributed by atoms with van der Waals surface area (Å²) in [7, 11) is 0. The number of rotatable bonds is 4. The van der Waals surface area contributed by atoms with Gasteiger partial charge in [-0.3, -0.25) is 18.6 Å². The molecule has 0 saturated carbocycles. The number of carbonyl (C=O) groups excluding carboxylic acids is 1. The van der Waals surface area contributed by atoms with E-state index < -0.39 is 0 Å². The van der Waals surface area contributed by atoms with Crippen molar-refractivity contribution in [2.24, 2.45) is 0 Å². The van der Waals surface area contributed by atoms with E-state index in [1.807, 2.05) is 56.6 Å². The van der Waals surface area contributed by atoms with Crippen LogP contribution < -0.4 is 5.56 Å². The van der Waals surface area contributed by atoms with Crippen LogP contribution in [0.25, 0.3) is 26.3 Å². The predicted molar refractivity (Wildman–Crippen MR) is 124 cm³/mol. The van der Waals surface area contributed by atoms with Crippen molar-refractivity contribution in [3.8, 4) is 10.4 Å². The quantitative estimate of drug-likeness (QED) is 0.407. The average Bonchev–Trinajstić information content (AvgIpc) is 3.60. The van der Waals surface area contributed by atoms with Crippen LogP contribution in [0, 0.1) is 0 Å². The second kappa shape index (κ2) is 7.64. The topological polar surface area (TPSA) is 85.4 Å². The molecular formula is C22H18N6O2S2. The van der Waals surface area contributed by atoms with E-state index in [-0.39, 0.29) is 24.1 Å². The van der Waals surface area contributed by atoms with Gasteiger partial charge in [0.2, 0.25) is 5.91 Å². The van der Waals surface area contributed by atoms with Gasteiger partial charge in [0.25, 0.3) is 5.56 Å². The Morgan fingerprint density at radius 3 is 2.97 bits per heavy atom. The van der Waals surface area contributed by atoms with Crippen LogP contribution in [0.15, 0.2) is 58.4 Å². The summed E-state index contributed by atoms with van der Waals surface area (Å²) in [6.07, 6.45) is 5.10. The fourth-order valence-corrected chi connectivity index (χ4v) is 6.07. The number of amides is 1. The molecule has 8 nitrogen and oxygen atoms in total. The Labute approximate surface area is 190 Å². The van der Waals surface area contributed by atoms with Gasteiger partial charge in [0, 0.05) is 28.6 Å². The lowest BCUT2D eigenvalue weighted by atomic mass is 10.2. The third-order valence-corrected chi connectivity index (χ3v) is 7.65. The zero-order valence-corrected chi connectivity index (χ0v) is 18.6. The van der Waals surface area contributed by atoms with Crippen LogP contribution in [-0.4, -0.2) is 41.5 Å². The lowest BCUT2D eigenvalue weighted by Gasteiger charge is -2.23. The molecule has 32 heavy (non-hydrogen) atoms. The van der Waals surface area contributed by atoms with Gasteiger partial charge in [0.1, 0.15) is 11.4 Å². The molecule has 0 aliphatic carbocycles.